The number of rotatable bonds is 8. The van der Waals surface area contributed by atoms with Crippen LogP contribution in [0.25, 0.3) is 0 Å². The fourth-order valence-corrected chi connectivity index (χ4v) is 1.99. The van der Waals surface area contributed by atoms with E-state index >= 15 is 0 Å². The summed E-state index contributed by atoms with van der Waals surface area (Å²) < 4.78 is 11.2. The first kappa shape index (κ1) is 15.3. The maximum atomic E-state index is 10.7. The smallest absolute Gasteiger partial charge is 0.150 e. The second-order valence-corrected chi connectivity index (χ2v) is 4.88. The van der Waals surface area contributed by atoms with E-state index in [-0.39, 0.29) is 0 Å². The summed E-state index contributed by atoms with van der Waals surface area (Å²) in [5, 5.41) is 0. The van der Waals surface area contributed by atoms with Crippen LogP contribution >= 0.6 is 0 Å². The molecule has 0 aromatic heterocycles. The molecule has 2 aromatic rings. The van der Waals surface area contributed by atoms with Gasteiger partial charge in [-0.25, -0.2) is 0 Å². The molecule has 0 saturated heterocycles. The summed E-state index contributed by atoms with van der Waals surface area (Å²) in [6.07, 6.45) is 1.69. The van der Waals surface area contributed by atoms with Gasteiger partial charge in [-0.2, -0.15) is 0 Å². The Balaban J connectivity index is 1.63. The largest absolute Gasteiger partial charge is 0.493 e. The number of hydrogen-bond donors (Lipinski definition) is 0. The van der Waals surface area contributed by atoms with E-state index in [9.17, 15) is 4.79 Å². The van der Waals surface area contributed by atoms with Crippen molar-refractivity contribution in [1.82, 2.24) is 0 Å². The first-order valence-electron chi connectivity index (χ1n) is 7.10. The Bertz CT molecular complexity index is 564. The van der Waals surface area contributed by atoms with Crippen LogP contribution in [0.3, 0.4) is 0 Å². The van der Waals surface area contributed by atoms with Crippen molar-refractivity contribution < 1.29 is 14.3 Å². The van der Waals surface area contributed by atoms with Gasteiger partial charge in [0.05, 0.1) is 19.8 Å². The summed E-state index contributed by atoms with van der Waals surface area (Å²) in [4.78, 5) is 10.7. The Morgan fingerprint density at radius 2 is 1.86 bits per heavy atom. The fraction of sp³-hybridized carbons (Fsp3) is 0.278. The van der Waals surface area contributed by atoms with Crippen LogP contribution in [0.2, 0.25) is 0 Å². The van der Waals surface area contributed by atoms with E-state index in [1.165, 1.54) is 5.56 Å². The highest BCUT2D eigenvalue weighted by Crippen LogP contribution is 2.16. The molecule has 21 heavy (non-hydrogen) atoms. The molecule has 0 atom stereocenters. The maximum absolute atomic E-state index is 10.7. The highest BCUT2D eigenvalue weighted by molar-refractivity contribution is 5.77. The van der Waals surface area contributed by atoms with Gasteiger partial charge < -0.3 is 9.47 Å². The van der Waals surface area contributed by atoms with Crippen molar-refractivity contribution in [1.29, 1.82) is 0 Å². The zero-order chi connectivity index (χ0) is 14.9. The summed E-state index contributed by atoms with van der Waals surface area (Å²) in [5.74, 6) is 0.793. The van der Waals surface area contributed by atoms with Crippen LogP contribution < -0.4 is 4.74 Å². The highest BCUT2D eigenvalue weighted by atomic mass is 16.5. The summed E-state index contributed by atoms with van der Waals surface area (Å²) in [7, 11) is 0. The van der Waals surface area contributed by atoms with E-state index in [0.717, 1.165) is 24.0 Å². The zero-order valence-corrected chi connectivity index (χ0v) is 12.2. The lowest BCUT2D eigenvalue weighted by atomic mass is 10.1. The van der Waals surface area contributed by atoms with Gasteiger partial charge in [-0.05, 0) is 36.2 Å². The Hall–Kier alpha value is -2.13. The number of ether oxygens (including phenoxy) is 2. The maximum Gasteiger partial charge on any atom is 0.150 e. The van der Waals surface area contributed by atoms with E-state index in [1.54, 1.807) is 6.07 Å². The third-order valence-electron chi connectivity index (χ3n) is 3.18. The van der Waals surface area contributed by atoms with Crippen molar-refractivity contribution in [3.8, 4) is 5.75 Å². The van der Waals surface area contributed by atoms with Gasteiger partial charge >= 0.3 is 0 Å². The standard InChI is InChI=1S/C18H20O3/c1-15-12-18(9-8-17(15)13-19)21-11-5-10-20-14-16-6-3-2-4-7-16/h2-4,6-9,12-13H,5,10-11,14H2,1H3. The molecule has 110 valence electrons. The minimum atomic E-state index is 0.606. The van der Waals surface area contributed by atoms with Crippen molar-refractivity contribution in [2.24, 2.45) is 0 Å². The lowest BCUT2D eigenvalue weighted by molar-refractivity contribution is 0.107. The van der Waals surface area contributed by atoms with Crippen molar-refractivity contribution in [3.05, 3.63) is 65.2 Å². The minimum Gasteiger partial charge on any atom is -0.493 e. The van der Waals surface area contributed by atoms with E-state index in [0.29, 0.717) is 25.4 Å². The molecule has 0 heterocycles. The molecule has 2 rings (SSSR count). The molecule has 0 aliphatic carbocycles. The minimum absolute atomic E-state index is 0.606. The molecule has 0 aliphatic heterocycles. The van der Waals surface area contributed by atoms with E-state index < -0.39 is 0 Å². The molecule has 0 amide bonds. The summed E-state index contributed by atoms with van der Waals surface area (Å²) >= 11 is 0. The molecule has 0 saturated carbocycles. The van der Waals surface area contributed by atoms with Gasteiger partial charge in [0.2, 0.25) is 0 Å². The topological polar surface area (TPSA) is 35.5 Å². The van der Waals surface area contributed by atoms with E-state index in [2.05, 4.69) is 0 Å². The molecule has 0 fully saturated rings. The number of carbonyl (C=O) groups is 1. The predicted octanol–water partition coefficient (Wildman–Crippen LogP) is 3.79. The van der Waals surface area contributed by atoms with Crippen LogP contribution in [0.1, 0.15) is 27.9 Å². The molecule has 0 N–H and O–H groups in total. The van der Waals surface area contributed by atoms with Crippen LogP contribution in [0.5, 0.6) is 5.75 Å². The van der Waals surface area contributed by atoms with Gasteiger partial charge in [0.1, 0.15) is 12.0 Å². The van der Waals surface area contributed by atoms with Crippen LogP contribution in [0.4, 0.5) is 0 Å². The Morgan fingerprint density at radius 1 is 1.05 bits per heavy atom. The Kier molecular flexibility index (Phi) is 5.98. The van der Waals surface area contributed by atoms with Gasteiger partial charge in [0.25, 0.3) is 0 Å². The van der Waals surface area contributed by atoms with Crippen molar-refractivity contribution in [3.63, 3.8) is 0 Å². The average molecular weight is 284 g/mol. The first-order chi connectivity index (χ1) is 10.3. The molecule has 0 radical (unpaired) electrons. The van der Waals surface area contributed by atoms with Gasteiger partial charge in [0, 0.05) is 12.0 Å². The SMILES string of the molecule is Cc1cc(OCCCOCc2ccccc2)ccc1C=O. The van der Waals surface area contributed by atoms with Crippen molar-refractivity contribution >= 4 is 6.29 Å². The molecule has 0 aliphatic rings. The van der Waals surface area contributed by atoms with Crippen molar-refractivity contribution in [2.75, 3.05) is 13.2 Å². The highest BCUT2D eigenvalue weighted by Gasteiger charge is 2.00. The first-order valence-corrected chi connectivity index (χ1v) is 7.10. The van der Waals surface area contributed by atoms with Gasteiger partial charge in [-0.15, -0.1) is 0 Å². The normalized spacial score (nSPS) is 10.3. The molecule has 0 unspecified atom stereocenters. The van der Waals surface area contributed by atoms with Gasteiger partial charge in [0.15, 0.2) is 0 Å². The van der Waals surface area contributed by atoms with Crippen LogP contribution in [-0.2, 0) is 11.3 Å². The monoisotopic (exact) mass is 284 g/mol. The number of aldehydes is 1. The number of aryl methyl sites for hydroxylation is 1. The molecular formula is C18H20O3. The lowest BCUT2D eigenvalue weighted by Crippen LogP contribution is -2.03. The summed E-state index contributed by atoms with van der Waals surface area (Å²) in [6, 6.07) is 15.6. The summed E-state index contributed by atoms with van der Waals surface area (Å²) in [5.41, 5.74) is 2.81. The number of carbonyl (C=O) groups excluding carboxylic acids is 1. The second-order valence-electron chi connectivity index (χ2n) is 4.88. The van der Waals surface area contributed by atoms with E-state index in [4.69, 9.17) is 9.47 Å². The molecule has 0 bridgehead atoms. The molecule has 3 nitrogen and oxygen atoms in total. The molecule has 3 heteroatoms. The molecular weight excluding hydrogens is 264 g/mol. The van der Waals surface area contributed by atoms with Crippen LogP contribution in [-0.4, -0.2) is 19.5 Å². The average Bonchev–Trinajstić information content (AvgIpc) is 2.52. The van der Waals surface area contributed by atoms with E-state index in [1.807, 2.05) is 49.4 Å². The van der Waals surface area contributed by atoms with Gasteiger partial charge in [-0.3, -0.25) is 4.79 Å². The molecule has 0 spiro atoms. The Morgan fingerprint density at radius 3 is 2.57 bits per heavy atom. The van der Waals surface area contributed by atoms with Crippen molar-refractivity contribution in [2.45, 2.75) is 20.0 Å². The third-order valence-corrected chi connectivity index (χ3v) is 3.18. The number of hydrogen-bond acceptors (Lipinski definition) is 3. The Labute approximate surface area is 125 Å². The summed E-state index contributed by atoms with van der Waals surface area (Å²) in [6.45, 7) is 3.81. The van der Waals surface area contributed by atoms with Crippen LogP contribution in [0, 0.1) is 6.92 Å². The van der Waals surface area contributed by atoms with Crippen LogP contribution in [0.15, 0.2) is 48.5 Å². The lowest BCUT2D eigenvalue weighted by Gasteiger charge is -2.08. The van der Waals surface area contributed by atoms with Gasteiger partial charge in [-0.1, -0.05) is 30.3 Å². The fourth-order valence-electron chi connectivity index (χ4n) is 1.99. The quantitative estimate of drug-likeness (QED) is 0.546. The third kappa shape index (κ3) is 5.04. The molecule has 2 aromatic carbocycles. The second kappa shape index (κ2) is 8.22. The predicted molar refractivity (Wildman–Crippen MR) is 82.8 cm³/mol. The zero-order valence-electron chi connectivity index (χ0n) is 12.2. The number of benzene rings is 2.